The van der Waals surface area contributed by atoms with Crippen LogP contribution >= 0.6 is 0 Å². The average molecular weight is 237 g/mol. The number of hydrazone groups is 1. The molecular weight excluding hydrogens is 218 g/mol. The van der Waals surface area contributed by atoms with Crippen molar-refractivity contribution in [2.75, 3.05) is 0 Å². The van der Waals surface area contributed by atoms with Crippen molar-refractivity contribution in [1.82, 2.24) is 10.7 Å². The molecule has 0 spiro atoms. The lowest BCUT2D eigenvalue weighted by Crippen LogP contribution is -2.39. The standard InChI is InChI=1S/C12H19N3O2/c1-8-2-4-10(5-3-8)14-15-12(17)11(16)13-9-6-7-9/h8-9H,2-7H2,1H3,(H,13,16)(H,15,17). The van der Waals surface area contributed by atoms with Gasteiger partial charge in [-0.2, -0.15) is 5.10 Å². The van der Waals surface area contributed by atoms with Crippen molar-refractivity contribution in [3.05, 3.63) is 0 Å². The Morgan fingerprint density at radius 3 is 2.35 bits per heavy atom. The Bertz CT molecular complexity index is 338. The van der Waals surface area contributed by atoms with E-state index in [1.165, 1.54) is 0 Å². The van der Waals surface area contributed by atoms with E-state index < -0.39 is 11.8 Å². The third-order valence-electron chi connectivity index (χ3n) is 3.29. The first-order chi connectivity index (χ1) is 8.15. The Morgan fingerprint density at radius 2 is 1.76 bits per heavy atom. The van der Waals surface area contributed by atoms with Gasteiger partial charge in [0.2, 0.25) is 0 Å². The van der Waals surface area contributed by atoms with E-state index in [4.69, 9.17) is 0 Å². The summed E-state index contributed by atoms with van der Waals surface area (Å²) in [6.07, 6.45) is 6.03. The van der Waals surface area contributed by atoms with Crippen molar-refractivity contribution in [2.45, 2.75) is 51.5 Å². The first kappa shape index (κ1) is 12.1. The largest absolute Gasteiger partial charge is 0.345 e. The highest BCUT2D eigenvalue weighted by atomic mass is 16.2. The quantitative estimate of drug-likeness (QED) is 0.554. The highest BCUT2D eigenvalue weighted by Gasteiger charge is 2.26. The van der Waals surface area contributed by atoms with Crippen molar-refractivity contribution in [2.24, 2.45) is 11.0 Å². The lowest BCUT2D eigenvalue weighted by molar-refractivity contribution is -0.139. The van der Waals surface area contributed by atoms with Crippen LogP contribution in [0.2, 0.25) is 0 Å². The molecule has 2 aliphatic carbocycles. The molecular formula is C12H19N3O2. The molecule has 0 atom stereocenters. The van der Waals surface area contributed by atoms with Crippen LogP contribution in [-0.4, -0.2) is 23.6 Å². The minimum atomic E-state index is -0.650. The van der Waals surface area contributed by atoms with Gasteiger partial charge in [-0.3, -0.25) is 9.59 Å². The van der Waals surface area contributed by atoms with E-state index in [1.807, 2.05) is 0 Å². The Hall–Kier alpha value is -1.39. The van der Waals surface area contributed by atoms with Crippen LogP contribution < -0.4 is 10.7 Å². The molecule has 0 radical (unpaired) electrons. The fourth-order valence-electron chi connectivity index (χ4n) is 1.87. The maximum Gasteiger partial charge on any atom is 0.329 e. The molecule has 0 aromatic heterocycles. The Morgan fingerprint density at radius 1 is 1.12 bits per heavy atom. The summed E-state index contributed by atoms with van der Waals surface area (Å²) >= 11 is 0. The third-order valence-corrected chi connectivity index (χ3v) is 3.29. The molecule has 94 valence electrons. The highest BCUT2D eigenvalue weighted by molar-refractivity contribution is 6.35. The van der Waals surface area contributed by atoms with Crippen molar-refractivity contribution < 1.29 is 9.59 Å². The minimum absolute atomic E-state index is 0.205. The van der Waals surface area contributed by atoms with Crippen molar-refractivity contribution in [3.63, 3.8) is 0 Å². The second-order valence-electron chi connectivity index (χ2n) is 5.05. The predicted molar refractivity (Wildman–Crippen MR) is 64.4 cm³/mol. The molecule has 0 aromatic rings. The zero-order valence-electron chi connectivity index (χ0n) is 10.2. The smallest absolute Gasteiger partial charge is 0.329 e. The molecule has 17 heavy (non-hydrogen) atoms. The van der Waals surface area contributed by atoms with E-state index >= 15 is 0 Å². The summed E-state index contributed by atoms with van der Waals surface area (Å²) in [6.45, 7) is 2.22. The SMILES string of the molecule is CC1CCC(=NNC(=O)C(=O)NC2CC2)CC1. The van der Waals surface area contributed by atoms with Crippen LogP contribution in [0.4, 0.5) is 0 Å². The molecule has 0 aliphatic heterocycles. The monoisotopic (exact) mass is 237 g/mol. The number of nitrogens with zero attached hydrogens (tertiary/aromatic N) is 1. The summed E-state index contributed by atoms with van der Waals surface area (Å²) in [4.78, 5) is 22.7. The Labute approximate surface area is 101 Å². The zero-order valence-corrected chi connectivity index (χ0v) is 10.2. The fourth-order valence-corrected chi connectivity index (χ4v) is 1.87. The van der Waals surface area contributed by atoms with Crippen LogP contribution in [0.25, 0.3) is 0 Å². The first-order valence-corrected chi connectivity index (χ1v) is 6.31. The number of carbonyl (C=O) groups is 2. The van der Waals surface area contributed by atoms with Crippen LogP contribution in [-0.2, 0) is 9.59 Å². The number of nitrogens with one attached hydrogen (secondary N) is 2. The molecule has 2 amide bonds. The van der Waals surface area contributed by atoms with Gasteiger partial charge in [-0.05, 0) is 44.4 Å². The third kappa shape index (κ3) is 3.84. The predicted octanol–water partition coefficient (Wildman–Crippen LogP) is 0.947. The summed E-state index contributed by atoms with van der Waals surface area (Å²) in [5.74, 6) is -0.480. The summed E-state index contributed by atoms with van der Waals surface area (Å²) in [7, 11) is 0. The second-order valence-corrected chi connectivity index (χ2v) is 5.05. The van der Waals surface area contributed by atoms with E-state index in [0.717, 1.165) is 50.2 Å². The molecule has 2 N–H and O–H groups in total. The maximum absolute atomic E-state index is 11.4. The van der Waals surface area contributed by atoms with E-state index in [1.54, 1.807) is 0 Å². The van der Waals surface area contributed by atoms with Gasteiger partial charge in [-0.25, -0.2) is 5.43 Å². The van der Waals surface area contributed by atoms with Crippen LogP contribution in [0.3, 0.4) is 0 Å². The summed E-state index contributed by atoms with van der Waals surface area (Å²) in [5.41, 5.74) is 3.33. The summed E-state index contributed by atoms with van der Waals surface area (Å²) in [6, 6.07) is 0.205. The Balaban J connectivity index is 1.74. The van der Waals surface area contributed by atoms with E-state index in [0.29, 0.717) is 0 Å². The average Bonchev–Trinajstić information content (AvgIpc) is 3.11. The minimum Gasteiger partial charge on any atom is -0.345 e. The molecule has 5 heteroatoms. The van der Waals surface area contributed by atoms with Gasteiger partial charge in [-0.1, -0.05) is 6.92 Å². The van der Waals surface area contributed by atoms with Crippen molar-refractivity contribution in [3.8, 4) is 0 Å². The van der Waals surface area contributed by atoms with Gasteiger partial charge in [0.25, 0.3) is 0 Å². The summed E-state index contributed by atoms with van der Waals surface area (Å²) < 4.78 is 0. The number of hydrogen-bond donors (Lipinski definition) is 2. The van der Waals surface area contributed by atoms with Gasteiger partial charge in [0.1, 0.15) is 0 Å². The molecule has 0 heterocycles. The molecule has 0 bridgehead atoms. The molecule has 2 saturated carbocycles. The molecule has 2 aliphatic rings. The van der Waals surface area contributed by atoms with Crippen molar-refractivity contribution >= 4 is 17.5 Å². The van der Waals surface area contributed by atoms with Crippen LogP contribution in [0, 0.1) is 5.92 Å². The zero-order chi connectivity index (χ0) is 12.3. The van der Waals surface area contributed by atoms with E-state index in [-0.39, 0.29) is 6.04 Å². The lowest BCUT2D eigenvalue weighted by Gasteiger charge is -2.18. The van der Waals surface area contributed by atoms with E-state index in [9.17, 15) is 9.59 Å². The second kappa shape index (κ2) is 5.29. The Kier molecular flexibility index (Phi) is 3.76. The molecule has 5 nitrogen and oxygen atoms in total. The highest BCUT2D eigenvalue weighted by Crippen LogP contribution is 2.21. The number of hydrogen-bond acceptors (Lipinski definition) is 3. The van der Waals surface area contributed by atoms with Gasteiger partial charge >= 0.3 is 11.8 Å². The molecule has 2 fully saturated rings. The van der Waals surface area contributed by atoms with Gasteiger partial charge < -0.3 is 5.32 Å². The summed E-state index contributed by atoms with van der Waals surface area (Å²) in [5, 5.41) is 6.65. The molecule has 2 rings (SSSR count). The molecule has 0 aromatic carbocycles. The molecule has 0 saturated heterocycles. The van der Waals surface area contributed by atoms with Gasteiger partial charge in [0.05, 0.1) is 0 Å². The maximum atomic E-state index is 11.4. The fraction of sp³-hybridized carbons (Fsp3) is 0.750. The van der Waals surface area contributed by atoms with Gasteiger partial charge in [-0.15, -0.1) is 0 Å². The van der Waals surface area contributed by atoms with Gasteiger partial charge in [0.15, 0.2) is 0 Å². The van der Waals surface area contributed by atoms with Crippen molar-refractivity contribution in [1.29, 1.82) is 0 Å². The number of rotatable bonds is 2. The topological polar surface area (TPSA) is 70.6 Å². The number of amides is 2. The van der Waals surface area contributed by atoms with Crippen LogP contribution in [0.15, 0.2) is 5.10 Å². The first-order valence-electron chi connectivity index (χ1n) is 6.31. The molecule has 0 unspecified atom stereocenters. The van der Waals surface area contributed by atoms with Crippen LogP contribution in [0.5, 0.6) is 0 Å². The van der Waals surface area contributed by atoms with Crippen LogP contribution in [0.1, 0.15) is 45.4 Å². The van der Waals surface area contributed by atoms with E-state index in [2.05, 4.69) is 22.8 Å². The van der Waals surface area contributed by atoms with Gasteiger partial charge in [0, 0.05) is 11.8 Å². The normalized spacial score (nSPS) is 24.1. The lowest BCUT2D eigenvalue weighted by atomic mass is 9.90. The number of carbonyl (C=O) groups excluding carboxylic acids is 2.